The molecule has 0 aliphatic heterocycles. The summed E-state index contributed by atoms with van der Waals surface area (Å²) < 4.78 is 29.9. The highest BCUT2D eigenvalue weighted by Crippen LogP contribution is 2.22. The van der Waals surface area contributed by atoms with Crippen molar-refractivity contribution in [2.75, 3.05) is 25.5 Å². The highest BCUT2D eigenvalue weighted by atomic mass is 127. The predicted molar refractivity (Wildman–Crippen MR) is 123 cm³/mol. The predicted octanol–water partition coefficient (Wildman–Crippen LogP) is 3.93. The number of rotatable bonds is 8. The van der Waals surface area contributed by atoms with E-state index in [4.69, 9.17) is 0 Å². The Morgan fingerprint density at radius 3 is 2.62 bits per heavy atom. The summed E-state index contributed by atoms with van der Waals surface area (Å²) in [4.78, 5) is 10.8. The van der Waals surface area contributed by atoms with Gasteiger partial charge in [-0.3, -0.25) is 0 Å². The number of nitrogens with one attached hydrogen (secondary N) is 2. The lowest BCUT2D eigenvalue weighted by atomic mass is 10.1. The molecule has 0 fully saturated rings. The van der Waals surface area contributed by atoms with E-state index in [1.807, 2.05) is 51.0 Å². The first kappa shape index (κ1) is 24.9. The number of benzene rings is 1. The van der Waals surface area contributed by atoms with Crippen LogP contribution >= 0.6 is 24.0 Å². The van der Waals surface area contributed by atoms with Gasteiger partial charge in [0.1, 0.15) is 11.6 Å². The fourth-order valence-electron chi connectivity index (χ4n) is 2.55. The van der Waals surface area contributed by atoms with Gasteiger partial charge in [0.05, 0.1) is 6.54 Å². The van der Waals surface area contributed by atoms with E-state index in [1.165, 1.54) is 0 Å². The Morgan fingerprint density at radius 2 is 1.97 bits per heavy atom. The van der Waals surface area contributed by atoms with Crippen molar-refractivity contribution < 1.29 is 13.5 Å². The van der Waals surface area contributed by atoms with Crippen molar-refractivity contribution in [3.05, 3.63) is 53.2 Å². The summed E-state index contributed by atoms with van der Waals surface area (Å²) in [7, 11) is 3.86. The number of aryl methyl sites for hydroxylation is 1. The number of alkyl halides is 2. The van der Waals surface area contributed by atoms with E-state index in [2.05, 4.69) is 25.3 Å². The number of guanidine groups is 1. The van der Waals surface area contributed by atoms with Crippen LogP contribution in [0.3, 0.4) is 0 Å². The van der Waals surface area contributed by atoms with Crippen molar-refractivity contribution in [1.29, 1.82) is 0 Å². The Bertz CT molecular complexity index is 802. The van der Waals surface area contributed by atoms with Crippen molar-refractivity contribution in [2.24, 2.45) is 4.99 Å². The Balaban J connectivity index is 0.00000420. The van der Waals surface area contributed by atoms with E-state index >= 15 is 0 Å². The quantitative estimate of drug-likeness (QED) is 0.315. The average molecular weight is 519 g/mol. The van der Waals surface area contributed by atoms with Crippen LogP contribution in [0.1, 0.15) is 23.6 Å². The second-order valence-electron chi connectivity index (χ2n) is 6.46. The van der Waals surface area contributed by atoms with Gasteiger partial charge >= 0.3 is 6.61 Å². The van der Waals surface area contributed by atoms with Crippen molar-refractivity contribution in [3.63, 3.8) is 0 Å². The monoisotopic (exact) mass is 519 g/mol. The van der Waals surface area contributed by atoms with Crippen LogP contribution in [0, 0.1) is 6.92 Å². The summed E-state index contributed by atoms with van der Waals surface area (Å²) in [6.45, 7) is 2.47. The van der Waals surface area contributed by atoms with Gasteiger partial charge in [-0.05, 0) is 37.6 Å². The van der Waals surface area contributed by atoms with Gasteiger partial charge in [0.2, 0.25) is 0 Å². The maximum absolute atomic E-state index is 12.6. The van der Waals surface area contributed by atoms with Gasteiger partial charge in [0.25, 0.3) is 0 Å². The van der Waals surface area contributed by atoms with Crippen LogP contribution in [-0.4, -0.2) is 38.2 Å². The molecule has 29 heavy (non-hydrogen) atoms. The zero-order valence-electron chi connectivity index (χ0n) is 17.1. The SMILES string of the molecule is CCNC(=NCc1ccnc(N(C)C)c1)NCc1cc(C)ccc1OC(F)F.I. The first-order valence-corrected chi connectivity index (χ1v) is 9.07. The highest BCUT2D eigenvalue weighted by Gasteiger charge is 2.10. The van der Waals surface area contributed by atoms with Crippen LogP contribution < -0.4 is 20.3 Å². The maximum Gasteiger partial charge on any atom is 0.387 e. The zero-order chi connectivity index (χ0) is 20.5. The lowest BCUT2D eigenvalue weighted by Gasteiger charge is -2.15. The van der Waals surface area contributed by atoms with Gasteiger partial charge in [-0.2, -0.15) is 8.78 Å². The molecule has 2 rings (SSSR count). The standard InChI is InChI=1S/C20H27F2N5O.HI/c1-5-23-20(25-12-15-8-9-24-18(11-15)27(3)4)26-13-16-10-14(2)6-7-17(16)28-19(21)22;/h6-11,19H,5,12-13H2,1-4H3,(H2,23,25,26);1H. The molecule has 0 spiro atoms. The molecule has 6 nitrogen and oxygen atoms in total. The Labute approximate surface area is 187 Å². The number of pyridine rings is 1. The van der Waals surface area contributed by atoms with Gasteiger partial charge in [-0.1, -0.05) is 17.7 Å². The number of halogens is 3. The lowest BCUT2D eigenvalue weighted by Crippen LogP contribution is -2.37. The molecule has 0 atom stereocenters. The van der Waals surface area contributed by atoms with Crippen LogP contribution in [0.15, 0.2) is 41.5 Å². The molecule has 0 saturated carbocycles. The zero-order valence-corrected chi connectivity index (χ0v) is 19.4. The average Bonchev–Trinajstić information content (AvgIpc) is 2.65. The number of aliphatic imine (C=N–C) groups is 1. The number of aromatic nitrogens is 1. The number of nitrogens with zero attached hydrogens (tertiary/aromatic N) is 3. The minimum Gasteiger partial charge on any atom is -0.434 e. The third kappa shape index (κ3) is 8.38. The topological polar surface area (TPSA) is 61.8 Å². The molecule has 160 valence electrons. The molecule has 0 bridgehead atoms. The molecule has 0 unspecified atom stereocenters. The summed E-state index contributed by atoms with van der Waals surface area (Å²) in [6, 6.07) is 9.01. The molecule has 0 aliphatic rings. The third-order valence-electron chi connectivity index (χ3n) is 3.91. The maximum atomic E-state index is 12.6. The van der Waals surface area contributed by atoms with Crippen LogP contribution in [0.2, 0.25) is 0 Å². The minimum atomic E-state index is -2.86. The first-order valence-electron chi connectivity index (χ1n) is 9.07. The molecule has 0 saturated heterocycles. The van der Waals surface area contributed by atoms with Crippen LogP contribution in [-0.2, 0) is 13.1 Å². The largest absolute Gasteiger partial charge is 0.434 e. The van der Waals surface area contributed by atoms with E-state index in [0.717, 1.165) is 16.9 Å². The summed E-state index contributed by atoms with van der Waals surface area (Å²) in [6.07, 6.45) is 1.75. The summed E-state index contributed by atoms with van der Waals surface area (Å²) in [5.41, 5.74) is 2.63. The second-order valence-corrected chi connectivity index (χ2v) is 6.46. The number of hydrogen-bond donors (Lipinski definition) is 2. The smallest absolute Gasteiger partial charge is 0.387 e. The number of anilines is 1. The van der Waals surface area contributed by atoms with Gasteiger partial charge in [0, 0.05) is 38.9 Å². The summed E-state index contributed by atoms with van der Waals surface area (Å²) in [5.74, 6) is 1.61. The molecule has 1 heterocycles. The first-order chi connectivity index (χ1) is 13.4. The molecule has 1 aromatic heterocycles. The molecule has 0 aliphatic carbocycles. The van der Waals surface area contributed by atoms with Gasteiger partial charge < -0.3 is 20.3 Å². The Hall–Kier alpha value is -2.17. The molecule has 1 aromatic carbocycles. The Kier molecular flexibility index (Phi) is 10.6. The van der Waals surface area contributed by atoms with Crippen molar-refractivity contribution in [3.8, 4) is 5.75 Å². The molecule has 0 amide bonds. The van der Waals surface area contributed by atoms with E-state index in [1.54, 1.807) is 18.3 Å². The molecule has 2 N–H and O–H groups in total. The van der Waals surface area contributed by atoms with Crippen LogP contribution in [0.4, 0.5) is 14.6 Å². The molecular weight excluding hydrogens is 491 g/mol. The number of ether oxygens (including phenoxy) is 1. The van der Waals surface area contributed by atoms with Crippen LogP contribution in [0.5, 0.6) is 5.75 Å². The molecule has 0 radical (unpaired) electrons. The van der Waals surface area contributed by atoms with E-state index in [-0.39, 0.29) is 29.7 Å². The van der Waals surface area contributed by atoms with Gasteiger partial charge in [-0.15, -0.1) is 24.0 Å². The van der Waals surface area contributed by atoms with E-state index in [0.29, 0.717) is 31.2 Å². The third-order valence-corrected chi connectivity index (χ3v) is 3.91. The molecular formula is C20H28F2IN5O. The Morgan fingerprint density at radius 1 is 1.21 bits per heavy atom. The summed E-state index contributed by atoms with van der Waals surface area (Å²) >= 11 is 0. The molecule has 9 heteroatoms. The molecule has 2 aromatic rings. The minimum absolute atomic E-state index is 0. The normalized spacial score (nSPS) is 11.1. The van der Waals surface area contributed by atoms with Gasteiger partial charge in [0.15, 0.2) is 5.96 Å². The van der Waals surface area contributed by atoms with E-state index < -0.39 is 6.61 Å². The van der Waals surface area contributed by atoms with E-state index in [9.17, 15) is 8.78 Å². The highest BCUT2D eigenvalue weighted by molar-refractivity contribution is 14.0. The van der Waals surface area contributed by atoms with Crippen molar-refractivity contribution in [1.82, 2.24) is 15.6 Å². The fraction of sp³-hybridized carbons (Fsp3) is 0.400. The van der Waals surface area contributed by atoms with Crippen LogP contribution in [0.25, 0.3) is 0 Å². The fourth-order valence-corrected chi connectivity index (χ4v) is 2.55. The number of hydrogen-bond acceptors (Lipinski definition) is 4. The lowest BCUT2D eigenvalue weighted by molar-refractivity contribution is -0.0504. The summed E-state index contributed by atoms with van der Waals surface area (Å²) in [5, 5.41) is 6.33. The van der Waals surface area contributed by atoms with Gasteiger partial charge in [-0.25, -0.2) is 9.98 Å². The second kappa shape index (κ2) is 12.4. The van der Waals surface area contributed by atoms with Crippen molar-refractivity contribution >= 4 is 35.8 Å². The van der Waals surface area contributed by atoms with Crippen molar-refractivity contribution in [2.45, 2.75) is 33.5 Å².